The van der Waals surface area contributed by atoms with Gasteiger partial charge in [0, 0.05) is 45.2 Å². The second-order valence-corrected chi connectivity index (χ2v) is 10.7. The largest absolute Gasteiger partial charge is 0.506 e. The minimum atomic E-state index is -2.72. The van der Waals surface area contributed by atoms with E-state index in [1.165, 1.54) is 11.0 Å². The second kappa shape index (κ2) is 8.98. The Hall–Kier alpha value is -3.64. The summed E-state index contributed by atoms with van der Waals surface area (Å²) in [4.78, 5) is 81.4. The normalized spacial score (nSPS) is 30.9. The van der Waals surface area contributed by atoms with Gasteiger partial charge in [-0.25, -0.2) is 0 Å². The third-order valence-electron chi connectivity index (χ3n) is 8.39. The van der Waals surface area contributed by atoms with E-state index in [-0.39, 0.29) is 24.0 Å². The van der Waals surface area contributed by atoms with Gasteiger partial charge in [0.05, 0.1) is 30.3 Å². The van der Waals surface area contributed by atoms with Crippen molar-refractivity contribution in [2.75, 3.05) is 45.3 Å². The topological polar surface area (TPSA) is 185 Å². The lowest BCUT2D eigenvalue weighted by atomic mass is 9.53. The van der Waals surface area contributed by atoms with Gasteiger partial charge in [0.1, 0.15) is 5.75 Å². The molecule has 4 aliphatic rings. The number of hydrogen-bond acceptors (Lipinski definition) is 10. The maximum atomic E-state index is 13.9. The summed E-state index contributed by atoms with van der Waals surface area (Å²) < 4.78 is 5.29. The van der Waals surface area contributed by atoms with Gasteiger partial charge in [-0.3, -0.25) is 28.8 Å². The van der Waals surface area contributed by atoms with Crippen molar-refractivity contribution in [2.45, 2.75) is 24.9 Å². The van der Waals surface area contributed by atoms with Gasteiger partial charge in [0.2, 0.25) is 5.91 Å². The molecule has 3 aliphatic carbocycles. The summed E-state index contributed by atoms with van der Waals surface area (Å²) in [7, 11) is 3.44. The average molecular weight is 528 g/mol. The van der Waals surface area contributed by atoms with Crippen LogP contribution in [-0.2, 0) is 30.3 Å². The second-order valence-electron chi connectivity index (χ2n) is 10.7. The number of ether oxygens (including phenoxy) is 1. The van der Waals surface area contributed by atoms with Crippen LogP contribution in [-0.4, -0.2) is 96.1 Å². The van der Waals surface area contributed by atoms with E-state index in [2.05, 4.69) is 0 Å². The molecule has 5 rings (SSSR count). The summed E-state index contributed by atoms with van der Waals surface area (Å²) in [6, 6.07) is 1.52. The number of Topliss-reactive ketones (excluding diaryl/α,β-unsaturated/α-hetero) is 4. The lowest BCUT2D eigenvalue weighted by Crippen LogP contribution is -2.68. The Kier molecular flexibility index (Phi) is 6.14. The summed E-state index contributed by atoms with van der Waals surface area (Å²) in [6.45, 7) is 1.27. The predicted octanol–water partition coefficient (Wildman–Crippen LogP) is -1.13. The molecule has 1 aromatic carbocycles. The Morgan fingerprint density at radius 2 is 1.76 bits per heavy atom. The first-order valence-electron chi connectivity index (χ1n) is 12.5. The van der Waals surface area contributed by atoms with Crippen LogP contribution >= 0.6 is 0 Å². The van der Waals surface area contributed by atoms with Gasteiger partial charge < -0.3 is 30.5 Å². The first-order valence-corrected chi connectivity index (χ1v) is 12.5. The smallest absolute Gasteiger partial charge is 0.257 e. The number of phenols is 1. The van der Waals surface area contributed by atoms with Gasteiger partial charge >= 0.3 is 0 Å². The maximum Gasteiger partial charge on any atom is 0.257 e. The number of carbonyl (C=O) groups is 6. The van der Waals surface area contributed by atoms with Gasteiger partial charge in [-0.15, -0.1) is 0 Å². The van der Waals surface area contributed by atoms with E-state index in [1.54, 1.807) is 19.0 Å². The van der Waals surface area contributed by atoms with Crippen LogP contribution in [0.5, 0.6) is 5.75 Å². The number of ketones is 4. The van der Waals surface area contributed by atoms with Gasteiger partial charge in [0.25, 0.3) is 5.91 Å². The molecule has 0 aromatic heterocycles. The highest BCUT2D eigenvalue weighted by Gasteiger charge is 2.66. The molecule has 1 aliphatic heterocycles. The molecular formula is C26H29N3O9. The quantitative estimate of drug-likeness (QED) is 0.406. The number of phenolic OH excluding ortho intramolecular Hbond substituents is 1. The number of nitrogens with zero attached hydrogens (tertiary/aromatic N) is 2. The van der Waals surface area contributed by atoms with Crippen LogP contribution in [0.2, 0.25) is 0 Å². The first-order chi connectivity index (χ1) is 17.9. The molecule has 1 heterocycles. The zero-order valence-corrected chi connectivity index (χ0v) is 21.1. The van der Waals surface area contributed by atoms with E-state index >= 15 is 0 Å². The summed E-state index contributed by atoms with van der Waals surface area (Å²) >= 11 is 0. The number of carbonyl (C=O) groups excluding carboxylic acids is 6. The van der Waals surface area contributed by atoms with Crippen molar-refractivity contribution in [3.8, 4) is 5.75 Å². The molecule has 2 amide bonds. The standard InChI is InChI=1S/C26H29N3O9/c1-28(2)15-10-14(25(36)29-3-5-38-6-4-29)20(31)18-13(15)8-11-7-12-9-16(30)19(24(27)35)23(34)26(12,37)22(33)17(11)21(18)32/h10-12,17,19,31,37H,3-9H2,1-2H3,(H2,27,35)/t11?,12?,17?,19?,26-/m0/s1. The maximum absolute atomic E-state index is 13.9. The van der Waals surface area contributed by atoms with Crippen LogP contribution in [0.1, 0.15) is 39.1 Å². The summed E-state index contributed by atoms with van der Waals surface area (Å²) in [5.74, 6) is -11.5. The van der Waals surface area contributed by atoms with Crippen LogP contribution in [0.15, 0.2) is 6.07 Å². The Morgan fingerprint density at radius 1 is 1.11 bits per heavy atom. The van der Waals surface area contributed by atoms with E-state index in [0.717, 1.165) is 0 Å². The van der Waals surface area contributed by atoms with E-state index in [9.17, 15) is 39.0 Å². The van der Waals surface area contributed by atoms with Gasteiger partial charge in [-0.05, 0) is 30.4 Å². The Labute approximate surface area is 217 Å². The number of aliphatic hydroxyl groups is 1. The Morgan fingerprint density at radius 3 is 2.37 bits per heavy atom. The zero-order chi connectivity index (χ0) is 27.7. The van der Waals surface area contributed by atoms with Crippen LogP contribution in [0.3, 0.4) is 0 Å². The number of primary amides is 1. The molecule has 12 nitrogen and oxygen atoms in total. The van der Waals surface area contributed by atoms with Crippen LogP contribution in [0.25, 0.3) is 0 Å². The summed E-state index contributed by atoms with van der Waals surface area (Å²) in [5, 5.41) is 22.6. The van der Waals surface area contributed by atoms with Crippen molar-refractivity contribution in [1.82, 2.24) is 4.90 Å². The fourth-order valence-electron chi connectivity index (χ4n) is 6.51. The van der Waals surface area contributed by atoms with Gasteiger partial charge in [-0.1, -0.05) is 0 Å². The molecule has 0 bridgehead atoms. The van der Waals surface area contributed by atoms with Crippen molar-refractivity contribution < 1.29 is 43.7 Å². The number of rotatable bonds is 3. The van der Waals surface area contributed by atoms with Crippen molar-refractivity contribution >= 4 is 40.6 Å². The molecule has 4 N–H and O–H groups in total. The molecule has 5 atom stereocenters. The van der Waals surface area contributed by atoms with E-state index < -0.39 is 76.4 Å². The number of morpholine rings is 1. The lowest BCUT2D eigenvalue weighted by Gasteiger charge is -2.48. The monoisotopic (exact) mass is 527 g/mol. The molecule has 3 fully saturated rings. The highest BCUT2D eigenvalue weighted by molar-refractivity contribution is 6.31. The molecule has 2 saturated carbocycles. The fraction of sp³-hybridized carbons (Fsp3) is 0.538. The number of amides is 2. The number of fused-ring (bicyclic) bond motifs is 3. The number of aromatic hydroxyl groups is 1. The van der Waals surface area contributed by atoms with Gasteiger partial charge in [-0.2, -0.15) is 0 Å². The number of nitrogens with two attached hydrogens (primary N) is 1. The minimum absolute atomic E-state index is 0.00311. The number of benzene rings is 1. The van der Waals surface area contributed by atoms with E-state index in [0.29, 0.717) is 37.6 Å². The van der Waals surface area contributed by atoms with E-state index in [4.69, 9.17) is 10.5 Å². The molecule has 4 unspecified atom stereocenters. The number of anilines is 1. The highest BCUT2D eigenvalue weighted by atomic mass is 16.5. The Bertz CT molecular complexity index is 1300. The summed E-state index contributed by atoms with van der Waals surface area (Å²) in [6.07, 6.45) is -0.257. The lowest BCUT2D eigenvalue weighted by molar-refractivity contribution is -0.175. The van der Waals surface area contributed by atoms with Gasteiger partial charge in [0.15, 0.2) is 34.7 Å². The van der Waals surface area contributed by atoms with Crippen molar-refractivity contribution in [3.05, 3.63) is 22.8 Å². The first kappa shape index (κ1) is 26.0. The molecule has 202 valence electrons. The van der Waals surface area contributed by atoms with Crippen molar-refractivity contribution in [1.29, 1.82) is 0 Å². The molecule has 12 heteroatoms. The van der Waals surface area contributed by atoms with Crippen molar-refractivity contribution in [3.63, 3.8) is 0 Å². The van der Waals surface area contributed by atoms with E-state index in [1.807, 2.05) is 0 Å². The molecule has 0 spiro atoms. The highest BCUT2D eigenvalue weighted by Crippen LogP contribution is 2.51. The van der Waals surface area contributed by atoms with Crippen LogP contribution in [0.4, 0.5) is 5.69 Å². The molecule has 1 saturated heterocycles. The zero-order valence-electron chi connectivity index (χ0n) is 21.1. The summed E-state index contributed by atoms with van der Waals surface area (Å²) in [5.41, 5.74) is 3.15. The molecule has 1 aromatic rings. The predicted molar refractivity (Wildman–Crippen MR) is 130 cm³/mol. The van der Waals surface area contributed by atoms with Crippen LogP contribution in [0, 0.1) is 23.7 Å². The van der Waals surface area contributed by atoms with Crippen molar-refractivity contribution in [2.24, 2.45) is 29.4 Å². The fourth-order valence-corrected chi connectivity index (χ4v) is 6.51. The third-order valence-corrected chi connectivity index (χ3v) is 8.39. The number of hydrogen-bond donors (Lipinski definition) is 3. The Balaban J connectivity index is 1.60. The van der Waals surface area contributed by atoms with Crippen LogP contribution < -0.4 is 10.6 Å². The SMILES string of the molecule is CN(C)c1cc(C(=O)N2CCOCC2)c(O)c2c1CC1CC3CC(=O)C(C(N)=O)C(=O)[C@@]3(O)C(=O)C1C2=O. The minimum Gasteiger partial charge on any atom is -0.506 e. The molecular weight excluding hydrogens is 498 g/mol. The molecule has 38 heavy (non-hydrogen) atoms. The third kappa shape index (κ3) is 3.57. The average Bonchev–Trinajstić information content (AvgIpc) is 2.86. The molecule has 0 radical (unpaired) electrons.